The van der Waals surface area contributed by atoms with Crippen LogP contribution in [0.25, 0.3) is 11.1 Å². The van der Waals surface area contributed by atoms with Gasteiger partial charge in [-0.2, -0.15) is 0 Å². The lowest BCUT2D eigenvalue weighted by atomic mass is 9.94. The molecule has 1 aliphatic carbocycles. The lowest BCUT2D eigenvalue weighted by Crippen LogP contribution is -2.27. The van der Waals surface area contributed by atoms with E-state index in [0.717, 1.165) is 52.1 Å². The highest BCUT2D eigenvalue weighted by Gasteiger charge is 2.51. The van der Waals surface area contributed by atoms with Gasteiger partial charge in [0.05, 0.1) is 5.41 Å². The molecule has 0 unspecified atom stereocenters. The van der Waals surface area contributed by atoms with Crippen LogP contribution in [0, 0.1) is 12.8 Å². The molecule has 5 rings (SSSR count). The third kappa shape index (κ3) is 4.94. The lowest BCUT2D eigenvalue weighted by molar-refractivity contribution is -0.122. The summed E-state index contributed by atoms with van der Waals surface area (Å²) in [7, 11) is 0. The van der Waals surface area contributed by atoms with Gasteiger partial charge in [-0.3, -0.25) is 9.59 Å². The van der Waals surface area contributed by atoms with Crippen molar-refractivity contribution in [2.75, 3.05) is 12.1 Å². The van der Waals surface area contributed by atoms with Gasteiger partial charge in [0.15, 0.2) is 11.5 Å². The van der Waals surface area contributed by atoms with E-state index in [1.54, 1.807) is 0 Å². The average molecular weight is 487 g/mol. The van der Waals surface area contributed by atoms with E-state index in [0.29, 0.717) is 24.6 Å². The maximum absolute atomic E-state index is 13.4. The molecule has 3 aromatic rings. The largest absolute Gasteiger partial charge is 0.454 e. The highest BCUT2D eigenvalue weighted by Crippen LogP contribution is 2.51. The summed E-state index contributed by atoms with van der Waals surface area (Å²) >= 11 is 0. The van der Waals surface area contributed by atoms with Crippen LogP contribution in [0.15, 0.2) is 60.7 Å². The molecule has 0 radical (unpaired) electrons. The molecule has 188 valence electrons. The maximum Gasteiger partial charge on any atom is 0.235 e. The van der Waals surface area contributed by atoms with E-state index in [1.165, 1.54) is 0 Å². The minimum Gasteiger partial charge on any atom is -0.454 e. The number of ether oxygens (including phenoxy) is 2. The first kappa shape index (κ1) is 23.9. The van der Waals surface area contributed by atoms with Crippen molar-refractivity contribution in [3.8, 4) is 22.6 Å². The lowest BCUT2D eigenvalue weighted by Gasteiger charge is -2.17. The van der Waals surface area contributed by atoms with E-state index in [-0.39, 0.29) is 20.0 Å². The first-order valence-corrected chi connectivity index (χ1v) is 12.5. The topological polar surface area (TPSA) is 76.7 Å². The highest BCUT2D eigenvalue weighted by molar-refractivity contribution is 6.02. The van der Waals surface area contributed by atoms with Crippen LogP contribution < -0.4 is 20.1 Å². The molecular weight excluding hydrogens is 452 g/mol. The van der Waals surface area contributed by atoms with Crippen molar-refractivity contribution in [2.24, 2.45) is 5.92 Å². The Kier molecular flexibility index (Phi) is 6.44. The van der Waals surface area contributed by atoms with Gasteiger partial charge in [0.25, 0.3) is 0 Å². The number of hydrogen-bond acceptors (Lipinski definition) is 4. The summed E-state index contributed by atoms with van der Waals surface area (Å²) in [5, 5.41) is 6.13. The fourth-order valence-corrected chi connectivity index (χ4v) is 4.67. The number of amides is 2. The summed E-state index contributed by atoms with van der Waals surface area (Å²) in [6, 6.07) is 20.0. The Morgan fingerprint density at radius 1 is 0.972 bits per heavy atom. The maximum atomic E-state index is 13.4. The Morgan fingerprint density at radius 2 is 1.72 bits per heavy atom. The molecule has 6 heteroatoms. The smallest absolute Gasteiger partial charge is 0.235 e. The van der Waals surface area contributed by atoms with Crippen molar-refractivity contribution in [3.05, 3.63) is 77.4 Å². The monoisotopic (exact) mass is 486 g/mol. The van der Waals surface area contributed by atoms with Gasteiger partial charge in [-0.05, 0) is 77.8 Å². The van der Waals surface area contributed by atoms with Crippen molar-refractivity contribution in [3.63, 3.8) is 0 Å². The number of rotatable bonds is 8. The second kappa shape index (κ2) is 9.69. The molecule has 1 saturated carbocycles. The molecule has 0 atom stereocenters. The van der Waals surface area contributed by atoms with Crippen LogP contribution in [0.1, 0.15) is 51.2 Å². The molecule has 2 amide bonds. The second-order valence-corrected chi connectivity index (χ2v) is 10.2. The summed E-state index contributed by atoms with van der Waals surface area (Å²) in [6.07, 6.45) is 2.16. The standard InChI is InChI=1S/C30H32N2O4.H2/c1-19(2)14-28(33)31-17-21-5-7-22(8-6-21)25-16-24(10-4-20(25)3)32-29(34)30(12-13-30)23-9-11-26-27(15-23)36-18-35-26;/h4-11,15-16,19H,12-14,17-18H2,1-3H3,(H,31,33)(H,32,34);1H. The third-order valence-corrected chi connectivity index (χ3v) is 6.95. The predicted molar refractivity (Wildman–Crippen MR) is 142 cm³/mol. The molecule has 36 heavy (non-hydrogen) atoms. The van der Waals surface area contributed by atoms with E-state index in [1.807, 2.05) is 62.4 Å². The minimum absolute atomic E-state index is 0. The van der Waals surface area contributed by atoms with Crippen LogP contribution in [0.2, 0.25) is 0 Å². The summed E-state index contributed by atoms with van der Waals surface area (Å²) in [5.41, 5.74) is 5.53. The van der Waals surface area contributed by atoms with E-state index in [4.69, 9.17) is 9.47 Å². The summed E-state index contributed by atoms with van der Waals surface area (Å²) in [6.45, 7) is 6.88. The first-order chi connectivity index (χ1) is 17.3. The number of carbonyl (C=O) groups excluding carboxylic acids is 2. The highest BCUT2D eigenvalue weighted by atomic mass is 16.7. The number of benzene rings is 3. The zero-order valence-corrected chi connectivity index (χ0v) is 21.0. The van der Waals surface area contributed by atoms with Gasteiger partial charge in [-0.1, -0.05) is 50.2 Å². The number of nitrogens with one attached hydrogen (secondary N) is 2. The fourth-order valence-electron chi connectivity index (χ4n) is 4.67. The molecule has 0 bridgehead atoms. The molecule has 2 aliphatic rings. The zero-order chi connectivity index (χ0) is 25.3. The van der Waals surface area contributed by atoms with Crippen LogP contribution in [0.4, 0.5) is 5.69 Å². The Bertz CT molecular complexity index is 1300. The molecule has 0 spiro atoms. The van der Waals surface area contributed by atoms with E-state index in [2.05, 4.69) is 29.7 Å². The fraction of sp³-hybridized carbons (Fsp3) is 0.333. The van der Waals surface area contributed by atoms with E-state index < -0.39 is 5.41 Å². The van der Waals surface area contributed by atoms with Crippen LogP contribution in [-0.2, 0) is 21.5 Å². The van der Waals surface area contributed by atoms with Crippen molar-refractivity contribution >= 4 is 17.5 Å². The quantitative estimate of drug-likeness (QED) is 0.411. The van der Waals surface area contributed by atoms with Crippen LogP contribution in [0.5, 0.6) is 11.5 Å². The number of fused-ring (bicyclic) bond motifs is 1. The van der Waals surface area contributed by atoms with Crippen LogP contribution >= 0.6 is 0 Å². The zero-order valence-electron chi connectivity index (χ0n) is 21.0. The van der Waals surface area contributed by atoms with Gasteiger partial charge in [0.2, 0.25) is 18.6 Å². The molecule has 1 aliphatic heterocycles. The van der Waals surface area contributed by atoms with E-state index in [9.17, 15) is 9.59 Å². The normalized spacial score (nSPS) is 15.0. The Morgan fingerprint density at radius 3 is 2.44 bits per heavy atom. The van der Waals surface area contributed by atoms with Gasteiger partial charge >= 0.3 is 0 Å². The molecule has 1 heterocycles. The molecule has 6 nitrogen and oxygen atoms in total. The van der Waals surface area contributed by atoms with Gasteiger partial charge in [0, 0.05) is 20.1 Å². The van der Waals surface area contributed by atoms with Gasteiger partial charge in [-0.15, -0.1) is 0 Å². The number of carbonyl (C=O) groups is 2. The first-order valence-electron chi connectivity index (χ1n) is 12.5. The molecule has 0 aromatic heterocycles. The Hall–Kier alpha value is -3.80. The molecular formula is C30H34N2O4. The summed E-state index contributed by atoms with van der Waals surface area (Å²) in [4.78, 5) is 25.3. The molecule has 2 N–H and O–H groups in total. The summed E-state index contributed by atoms with van der Waals surface area (Å²) < 4.78 is 10.9. The van der Waals surface area contributed by atoms with Crippen molar-refractivity contribution in [1.29, 1.82) is 0 Å². The Labute approximate surface area is 213 Å². The molecule has 1 fully saturated rings. The van der Waals surface area contributed by atoms with Crippen molar-refractivity contribution in [1.82, 2.24) is 5.32 Å². The number of hydrogen-bond donors (Lipinski definition) is 2. The Balaban J connectivity index is 0.00000320. The molecule has 3 aromatic carbocycles. The van der Waals surface area contributed by atoms with Crippen molar-refractivity contribution in [2.45, 2.75) is 52.0 Å². The minimum atomic E-state index is -0.520. The SMILES string of the molecule is Cc1ccc(NC(=O)C2(c3ccc4c(c3)OCO4)CC2)cc1-c1ccc(CNC(=O)CC(C)C)cc1.[HH]. The van der Waals surface area contributed by atoms with Crippen molar-refractivity contribution < 1.29 is 20.5 Å². The van der Waals surface area contributed by atoms with Gasteiger partial charge in [-0.25, -0.2) is 0 Å². The van der Waals surface area contributed by atoms with E-state index >= 15 is 0 Å². The average Bonchev–Trinajstić information content (AvgIpc) is 3.54. The number of aryl methyl sites for hydroxylation is 1. The molecule has 0 saturated heterocycles. The van der Waals surface area contributed by atoms with Crippen LogP contribution in [0.3, 0.4) is 0 Å². The van der Waals surface area contributed by atoms with Gasteiger partial charge < -0.3 is 20.1 Å². The number of anilines is 1. The third-order valence-electron chi connectivity index (χ3n) is 6.95. The van der Waals surface area contributed by atoms with Crippen LogP contribution in [-0.4, -0.2) is 18.6 Å². The summed E-state index contributed by atoms with van der Waals surface area (Å²) in [5.74, 6) is 1.84. The van der Waals surface area contributed by atoms with Gasteiger partial charge in [0.1, 0.15) is 0 Å². The predicted octanol–water partition coefficient (Wildman–Crippen LogP) is 5.97. The second-order valence-electron chi connectivity index (χ2n) is 10.2.